The van der Waals surface area contributed by atoms with Crippen LogP contribution in [0.15, 0.2) is 30.3 Å². The summed E-state index contributed by atoms with van der Waals surface area (Å²) in [6.07, 6.45) is 0. The second kappa shape index (κ2) is 3.29. The maximum atomic E-state index is 5.95. The van der Waals surface area contributed by atoms with Gasteiger partial charge in [0.2, 0.25) is 0 Å². The molecule has 0 N–H and O–H groups in total. The molecule has 0 amide bonds. The Morgan fingerprint density at radius 3 is 2.11 bits per heavy atom. The molecule has 0 aliphatic heterocycles. The summed E-state index contributed by atoms with van der Waals surface area (Å²) in [4.78, 5) is 0. The Bertz CT molecular complexity index is 172. The average Bonchev–Trinajstić information content (AvgIpc) is 1.90. The van der Waals surface area contributed by atoms with Crippen molar-refractivity contribution in [1.82, 2.24) is 0 Å². The standard InChI is InChI=1S/C7H8AsCl/c1-8(9)7-5-3-2-4-6-7/h2-6H,1H3. The van der Waals surface area contributed by atoms with Crippen LogP contribution in [-0.2, 0) is 0 Å². The summed E-state index contributed by atoms with van der Waals surface area (Å²) in [5.41, 5.74) is 2.11. The molecule has 1 aromatic rings. The van der Waals surface area contributed by atoms with Gasteiger partial charge in [0.15, 0.2) is 0 Å². The molecule has 0 bridgehead atoms. The summed E-state index contributed by atoms with van der Waals surface area (Å²) in [6, 6.07) is 10.3. The van der Waals surface area contributed by atoms with Gasteiger partial charge in [-0.25, -0.2) is 0 Å². The van der Waals surface area contributed by atoms with Crippen LogP contribution < -0.4 is 4.35 Å². The third-order valence-electron chi connectivity index (χ3n) is 1.11. The van der Waals surface area contributed by atoms with Gasteiger partial charge in [-0.15, -0.1) is 0 Å². The van der Waals surface area contributed by atoms with Gasteiger partial charge >= 0.3 is 64.1 Å². The summed E-state index contributed by atoms with van der Waals surface area (Å²) in [5, 5.41) is 0. The van der Waals surface area contributed by atoms with Crippen molar-refractivity contribution >= 4 is 28.0 Å². The molecular weight excluding hydrogens is 194 g/mol. The number of halogens is 1. The number of rotatable bonds is 1. The zero-order valence-corrected chi connectivity index (χ0v) is 7.84. The van der Waals surface area contributed by atoms with E-state index in [1.54, 1.807) is 0 Å². The van der Waals surface area contributed by atoms with Crippen molar-refractivity contribution in [2.45, 2.75) is 5.71 Å². The molecule has 0 aliphatic rings. The third-order valence-corrected chi connectivity index (χ3v) is 4.24. The quantitative estimate of drug-likeness (QED) is 0.609. The van der Waals surface area contributed by atoms with Crippen LogP contribution in [0, 0.1) is 0 Å². The van der Waals surface area contributed by atoms with Gasteiger partial charge in [-0.05, 0) is 0 Å². The molecule has 0 spiro atoms. The van der Waals surface area contributed by atoms with Crippen molar-refractivity contribution in [3.8, 4) is 0 Å². The average molecular weight is 203 g/mol. The molecule has 0 aromatic heterocycles. The Balaban J connectivity index is 2.85. The molecule has 0 saturated heterocycles. The fraction of sp³-hybridized carbons (Fsp3) is 0.143. The van der Waals surface area contributed by atoms with E-state index in [9.17, 15) is 0 Å². The second-order valence-electron chi connectivity index (χ2n) is 1.81. The molecular formula is C7H8AsCl. The van der Waals surface area contributed by atoms with Crippen LogP contribution in [0.2, 0.25) is 5.71 Å². The van der Waals surface area contributed by atoms with Crippen LogP contribution in [0.5, 0.6) is 0 Å². The minimum atomic E-state index is -1.12. The van der Waals surface area contributed by atoms with Gasteiger partial charge in [0, 0.05) is 0 Å². The van der Waals surface area contributed by atoms with E-state index in [-0.39, 0.29) is 0 Å². The fourth-order valence-corrected chi connectivity index (χ4v) is 2.44. The predicted molar refractivity (Wildman–Crippen MR) is 43.5 cm³/mol. The van der Waals surface area contributed by atoms with Gasteiger partial charge in [0.1, 0.15) is 0 Å². The van der Waals surface area contributed by atoms with Crippen molar-refractivity contribution < 1.29 is 0 Å². The first-order valence-electron chi connectivity index (χ1n) is 2.75. The van der Waals surface area contributed by atoms with Crippen molar-refractivity contribution in [2.24, 2.45) is 0 Å². The molecule has 0 saturated carbocycles. The van der Waals surface area contributed by atoms with E-state index in [0.29, 0.717) is 0 Å². The van der Waals surface area contributed by atoms with E-state index in [1.165, 1.54) is 4.35 Å². The van der Waals surface area contributed by atoms with E-state index >= 15 is 0 Å². The van der Waals surface area contributed by atoms with Crippen LogP contribution in [0.1, 0.15) is 0 Å². The molecule has 0 fully saturated rings. The van der Waals surface area contributed by atoms with E-state index in [2.05, 4.69) is 17.8 Å². The van der Waals surface area contributed by atoms with Crippen molar-refractivity contribution in [1.29, 1.82) is 0 Å². The first-order valence-corrected chi connectivity index (χ1v) is 8.03. The molecule has 0 heterocycles. The Morgan fingerprint density at radius 1 is 1.22 bits per heavy atom. The van der Waals surface area contributed by atoms with Gasteiger partial charge in [-0.1, -0.05) is 0 Å². The molecule has 48 valence electrons. The van der Waals surface area contributed by atoms with E-state index < -0.39 is 13.7 Å². The van der Waals surface area contributed by atoms with Crippen molar-refractivity contribution in [3.63, 3.8) is 0 Å². The van der Waals surface area contributed by atoms with Gasteiger partial charge in [-0.3, -0.25) is 0 Å². The van der Waals surface area contributed by atoms with Gasteiger partial charge < -0.3 is 0 Å². The van der Waals surface area contributed by atoms with E-state index in [0.717, 1.165) is 0 Å². The molecule has 1 atom stereocenters. The number of hydrogen-bond acceptors (Lipinski definition) is 0. The molecule has 0 aliphatic carbocycles. The Kier molecular flexibility index (Phi) is 2.62. The zero-order chi connectivity index (χ0) is 6.69. The van der Waals surface area contributed by atoms with Gasteiger partial charge in [0.05, 0.1) is 0 Å². The molecule has 1 rings (SSSR count). The van der Waals surface area contributed by atoms with Crippen LogP contribution >= 0.6 is 9.95 Å². The fourth-order valence-electron chi connectivity index (χ4n) is 0.633. The van der Waals surface area contributed by atoms with E-state index in [1.807, 2.05) is 18.2 Å². The zero-order valence-electron chi connectivity index (χ0n) is 5.21. The number of hydrogen-bond donors (Lipinski definition) is 0. The summed E-state index contributed by atoms with van der Waals surface area (Å²) < 4.78 is 1.33. The summed E-state index contributed by atoms with van der Waals surface area (Å²) in [6.45, 7) is 0. The second-order valence-corrected chi connectivity index (χ2v) is 7.53. The normalized spacial score (nSPS) is 13.1. The Labute approximate surface area is 64.3 Å². The maximum absolute atomic E-state index is 5.95. The Morgan fingerprint density at radius 2 is 1.78 bits per heavy atom. The van der Waals surface area contributed by atoms with Crippen LogP contribution in [0.3, 0.4) is 0 Å². The first kappa shape index (κ1) is 7.18. The summed E-state index contributed by atoms with van der Waals surface area (Å²) in [5.74, 6) is 0. The summed E-state index contributed by atoms with van der Waals surface area (Å²) in [7, 11) is 5.95. The summed E-state index contributed by atoms with van der Waals surface area (Å²) >= 11 is -1.12. The third kappa shape index (κ3) is 2.04. The topological polar surface area (TPSA) is 0 Å². The van der Waals surface area contributed by atoms with Gasteiger partial charge in [-0.2, -0.15) is 0 Å². The monoisotopic (exact) mass is 202 g/mol. The number of benzene rings is 1. The molecule has 1 unspecified atom stereocenters. The predicted octanol–water partition coefficient (Wildman–Crippen LogP) is 1.75. The molecule has 0 radical (unpaired) electrons. The van der Waals surface area contributed by atoms with Gasteiger partial charge in [0.25, 0.3) is 0 Å². The Hall–Kier alpha value is 0.0684. The first-order chi connectivity index (χ1) is 4.30. The van der Waals surface area contributed by atoms with E-state index in [4.69, 9.17) is 9.95 Å². The SMILES string of the molecule is C[As](Cl)c1ccccc1. The van der Waals surface area contributed by atoms with Crippen LogP contribution in [-0.4, -0.2) is 13.7 Å². The molecule has 0 nitrogen and oxygen atoms in total. The van der Waals surface area contributed by atoms with Crippen molar-refractivity contribution in [2.75, 3.05) is 0 Å². The minimum absolute atomic E-state index is 1.12. The van der Waals surface area contributed by atoms with Crippen LogP contribution in [0.4, 0.5) is 0 Å². The van der Waals surface area contributed by atoms with Crippen molar-refractivity contribution in [3.05, 3.63) is 30.3 Å². The molecule has 2 heteroatoms. The molecule has 9 heavy (non-hydrogen) atoms. The van der Waals surface area contributed by atoms with Crippen LogP contribution in [0.25, 0.3) is 0 Å². The molecule has 1 aromatic carbocycles.